The molecule has 0 aromatic heterocycles. The fourth-order valence-electron chi connectivity index (χ4n) is 1.76. The maximum absolute atomic E-state index is 11.7. The molecule has 2 aromatic rings. The highest BCUT2D eigenvalue weighted by Crippen LogP contribution is 2.14. The minimum Gasteiger partial charge on any atom is -0.493 e. The molecule has 0 aliphatic carbocycles. The Bertz CT molecular complexity index is 599. The van der Waals surface area contributed by atoms with E-state index in [0.29, 0.717) is 36.0 Å². The molecule has 0 fully saturated rings. The summed E-state index contributed by atoms with van der Waals surface area (Å²) in [6.07, 6.45) is 0.294. The third kappa shape index (κ3) is 5.36. The van der Waals surface area contributed by atoms with Crippen molar-refractivity contribution < 1.29 is 9.53 Å². The third-order valence-corrected chi connectivity index (χ3v) is 3.11. The molecule has 0 heterocycles. The standard InChI is InChI=1S/C16H17ClN2O2/c17-13-6-4-12(5-7-13)11-19-16(20)8-9-21-15-3-1-2-14(18)10-15/h1-7,10H,8-9,11,18H2,(H,19,20). The van der Waals surface area contributed by atoms with Gasteiger partial charge < -0.3 is 15.8 Å². The Kier molecular flexibility index (Phi) is 5.46. The topological polar surface area (TPSA) is 64.3 Å². The van der Waals surface area contributed by atoms with Gasteiger partial charge >= 0.3 is 0 Å². The Hall–Kier alpha value is -2.20. The Morgan fingerprint density at radius 1 is 1.19 bits per heavy atom. The van der Waals surface area contributed by atoms with Crippen LogP contribution in [-0.2, 0) is 11.3 Å². The number of nitrogens with two attached hydrogens (primary N) is 1. The monoisotopic (exact) mass is 304 g/mol. The average molecular weight is 305 g/mol. The molecule has 110 valence electrons. The maximum Gasteiger partial charge on any atom is 0.223 e. The number of hydrogen-bond donors (Lipinski definition) is 2. The predicted octanol–water partition coefficient (Wildman–Crippen LogP) is 3.01. The van der Waals surface area contributed by atoms with Crippen molar-refractivity contribution in [2.45, 2.75) is 13.0 Å². The van der Waals surface area contributed by atoms with Gasteiger partial charge in [-0.05, 0) is 29.8 Å². The van der Waals surface area contributed by atoms with Crippen molar-refractivity contribution in [3.05, 3.63) is 59.1 Å². The fourth-order valence-corrected chi connectivity index (χ4v) is 1.88. The Morgan fingerprint density at radius 2 is 1.95 bits per heavy atom. The van der Waals surface area contributed by atoms with E-state index in [1.54, 1.807) is 24.3 Å². The number of anilines is 1. The summed E-state index contributed by atoms with van der Waals surface area (Å²) < 4.78 is 5.47. The second-order valence-electron chi connectivity index (χ2n) is 4.57. The van der Waals surface area contributed by atoms with Gasteiger partial charge in [-0.15, -0.1) is 0 Å². The number of carbonyl (C=O) groups is 1. The molecule has 0 aliphatic heterocycles. The van der Waals surface area contributed by atoms with Crippen LogP contribution < -0.4 is 15.8 Å². The minimum atomic E-state index is -0.0612. The lowest BCUT2D eigenvalue weighted by Gasteiger charge is -2.08. The molecule has 21 heavy (non-hydrogen) atoms. The first-order valence-corrected chi connectivity index (χ1v) is 7.01. The zero-order chi connectivity index (χ0) is 15.1. The van der Waals surface area contributed by atoms with Crippen LogP contribution in [0.4, 0.5) is 5.69 Å². The van der Waals surface area contributed by atoms with E-state index < -0.39 is 0 Å². The zero-order valence-electron chi connectivity index (χ0n) is 11.5. The first-order chi connectivity index (χ1) is 10.1. The summed E-state index contributed by atoms with van der Waals surface area (Å²) in [4.78, 5) is 11.7. The smallest absolute Gasteiger partial charge is 0.223 e. The van der Waals surface area contributed by atoms with E-state index in [1.807, 2.05) is 24.3 Å². The number of halogens is 1. The van der Waals surface area contributed by atoms with Crippen molar-refractivity contribution in [2.75, 3.05) is 12.3 Å². The number of ether oxygens (including phenoxy) is 1. The van der Waals surface area contributed by atoms with Crippen LogP contribution in [0, 0.1) is 0 Å². The number of rotatable bonds is 6. The first kappa shape index (κ1) is 15.2. The van der Waals surface area contributed by atoms with Gasteiger partial charge in [-0.2, -0.15) is 0 Å². The predicted molar refractivity (Wildman–Crippen MR) is 84.3 cm³/mol. The van der Waals surface area contributed by atoms with Crippen molar-refractivity contribution in [2.24, 2.45) is 0 Å². The van der Waals surface area contributed by atoms with E-state index in [9.17, 15) is 4.79 Å². The molecule has 3 N–H and O–H groups in total. The summed E-state index contributed by atoms with van der Waals surface area (Å²) in [7, 11) is 0. The molecule has 5 heteroatoms. The number of nitrogens with one attached hydrogen (secondary N) is 1. The lowest BCUT2D eigenvalue weighted by Crippen LogP contribution is -2.24. The van der Waals surface area contributed by atoms with Gasteiger partial charge in [0.1, 0.15) is 5.75 Å². The lowest BCUT2D eigenvalue weighted by atomic mass is 10.2. The van der Waals surface area contributed by atoms with Crippen LogP contribution in [0.15, 0.2) is 48.5 Å². The molecule has 1 amide bonds. The van der Waals surface area contributed by atoms with Gasteiger partial charge in [0.2, 0.25) is 5.91 Å². The summed E-state index contributed by atoms with van der Waals surface area (Å²) in [5.74, 6) is 0.606. The van der Waals surface area contributed by atoms with Gasteiger partial charge in [0.15, 0.2) is 0 Å². The molecule has 0 aliphatic rings. The third-order valence-electron chi connectivity index (χ3n) is 2.86. The SMILES string of the molecule is Nc1cccc(OCCC(=O)NCc2ccc(Cl)cc2)c1. The molecule has 0 bridgehead atoms. The lowest BCUT2D eigenvalue weighted by molar-refractivity contribution is -0.121. The van der Waals surface area contributed by atoms with Gasteiger partial charge in [-0.25, -0.2) is 0 Å². The van der Waals surface area contributed by atoms with Crippen LogP contribution in [-0.4, -0.2) is 12.5 Å². The highest BCUT2D eigenvalue weighted by atomic mass is 35.5. The molecular weight excluding hydrogens is 288 g/mol. The number of nitrogen functional groups attached to an aromatic ring is 1. The highest BCUT2D eigenvalue weighted by molar-refractivity contribution is 6.30. The Morgan fingerprint density at radius 3 is 2.67 bits per heavy atom. The minimum absolute atomic E-state index is 0.0612. The van der Waals surface area contributed by atoms with Crippen LogP contribution >= 0.6 is 11.6 Å². The molecule has 0 radical (unpaired) electrons. The molecule has 0 unspecified atom stereocenters. The van der Waals surface area contributed by atoms with Gasteiger partial charge in [0.25, 0.3) is 0 Å². The van der Waals surface area contributed by atoms with Crippen molar-refractivity contribution >= 4 is 23.2 Å². The summed E-state index contributed by atoms with van der Waals surface area (Å²) >= 11 is 5.80. The molecule has 0 saturated heterocycles. The van der Waals surface area contributed by atoms with Crippen LogP contribution in [0.3, 0.4) is 0 Å². The number of benzene rings is 2. The van der Waals surface area contributed by atoms with Crippen LogP contribution in [0.25, 0.3) is 0 Å². The number of amides is 1. The van der Waals surface area contributed by atoms with Gasteiger partial charge in [-0.1, -0.05) is 29.8 Å². The molecule has 2 rings (SSSR count). The van der Waals surface area contributed by atoms with Crippen LogP contribution in [0.1, 0.15) is 12.0 Å². The fraction of sp³-hybridized carbons (Fsp3) is 0.188. The Labute approximate surface area is 128 Å². The van der Waals surface area contributed by atoms with Gasteiger partial charge in [0.05, 0.1) is 13.0 Å². The van der Waals surface area contributed by atoms with Gasteiger partial charge in [-0.3, -0.25) is 4.79 Å². The number of hydrogen-bond acceptors (Lipinski definition) is 3. The van der Waals surface area contributed by atoms with Crippen LogP contribution in [0.2, 0.25) is 5.02 Å². The maximum atomic E-state index is 11.7. The molecule has 0 atom stereocenters. The molecule has 4 nitrogen and oxygen atoms in total. The van der Waals surface area contributed by atoms with E-state index in [-0.39, 0.29) is 5.91 Å². The van der Waals surface area contributed by atoms with Crippen molar-refractivity contribution in [3.63, 3.8) is 0 Å². The highest BCUT2D eigenvalue weighted by Gasteiger charge is 2.02. The van der Waals surface area contributed by atoms with Gasteiger partial charge in [0, 0.05) is 23.3 Å². The normalized spacial score (nSPS) is 10.1. The van der Waals surface area contributed by atoms with Crippen LogP contribution in [0.5, 0.6) is 5.75 Å². The summed E-state index contributed by atoms with van der Waals surface area (Å²) in [6, 6.07) is 14.5. The zero-order valence-corrected chi connectivity index (χ0v) is 12.3. The molecule has 0 spiro atoms. The largest absolute Gasteiger partial charge is 0.493 e. The Balaban J connectivity index is 1.69. The second-order valence-corrected chi connectivity index (χ2v) is 5.01. The van der Waals surface area contributed by atoms with E-state index in [1.165, 1.54) is 0 Å². The van der Waals surface area contributed by atoms with Crippen molar-refractivity contribution in [1.29, 1.82) is 0 Å². The van der Waals surface area contributed by atoms with E-state index >= 15 is 0 Å². The van der Waals surface area contributed by atoms with Crippen molar-refractivity contribution in [1.82, 2.24) is 5.32 Å². The molecular formula is C16H17ClN2O2. The molecule has 0 saturated carbocycles. The average Bonchev–Trinajstić information content (AvgIpc) is 2.47. The summed E-state index contributed by atoms with van der Waals surface area (Å²) in [6.45, 7) is 0.796. The second kappa shape index (κ2) is 7.55. The molecule has 2 aromatic carbocycles. The first-order valence-electron chi connectivity index (χ1n) is 6.63. The van der Waals surface area contributed by atoms with E-state index in [2.05, 4.69) is 5.32 Å². The van der Waals surface area contributed by atoms with E-state index in [0.717, 1.165) is 5.56 Å². The quantitative estimate of drug-likeness (QED) is 0.806. The summed E-state index contributed by atoms with van der Waals surface area (Å²) in [5.41, 5.74) is 7.29. The van der Waals surface area contributed by atoms with Crippen molar-refractivity contribution in [3.8, 4) is 5.75 Å². The summed E-state index contributed by atoms with van der Waals surface area (Å²) in [5, 5.41) is 3.51. The number of carbonyl (C=O) groups excluding carboxylic acids is 1. The van der Waals surface area contributed by atoms with E-state index in [4.69, 9.17) is 22.1 Å².